The number of aliphatic carboxylic acids is 1. The first-order valence-electron chi connectivity index (χ1n) is 6.09. The summed E-state index contributed by atoms with van der Waals surface area (Å²) in [6.07, 6.45) is 0.232. The Labute approximate surface area is 118 Å². The second kappa shape index (κ2) is 5.94. The molecule has 0 aliphatic heterocycles. The third kappa shape index (κ3) is 3.59. The largest absolute Gasteiger partial charge is 0.497 e. The number of amides is 1. The topological polar surface area (TPSA) is 84.9 Å². The zero-order chi connectivity index (χ0) is 15.6. The molecule has 114 valence electrons. The van der Waals surface area contributed by atoms with Crippen molar-refractivity contribution < 1.29 is 33.0 Å². The molecule has 1 aliphatic carbocycles. The first-order chi connectivity index (χ1) is 9.92. The molecule has 2 unspecified atom stereocenters. The normalized spacial score (nSPS) is 20.0. The first-order valence-corrected chi connectivity index (χ1v) is 6.09. The molecule has 1 aliphatic rings. The van der Waals surface area contributed by atoms with Gasteiger partial charge in [0.1, 0.15) is 11.5 Å². The van der Waals surface area contributed by atoms with Crippen molar-refractivity contribution in [1.82, 2.24) is 0 Å². The average molecular weight is 301 g/mol. The highest BCUT2D eigenvalue weighted by Crippen LogP contribution is 2.40. The van der Waals surface area contributed by atoms with E-state index in [2.05, 4.69) is 10.1 Å². The van der Waals surface area contributed by atoms with Crippen LogP contribution in [0.5, 0.6) is 11.5 Å². The number of rotatable bonds is 6. The molecule has 0 heterocycles. The number of carboxylic acid groups (broad SMARTS) is 1. The fourth-order valence-electron chi connectivity index (χ4n) is 1.92. The number of carboxylic acids is 1. The molecule has 21 heavy (non-hydrogen) atoms. The van der Waals surface area contributed by atoms with E-state index < -0.39 is 30.3 Å². The molecule has 1 saturated carbocycles. The molecule has 0 radical (unpaired) electrons. The van der Waals surface area contributed by atoms with E-state index in [1.807, 2.05) is 0 Å². The first kappa shape index (κ1) is 15.0. The molecular weight excluding hydrogens is 288 g/mol. The molecule has 2 atom stereocenters. The lowest BCUT2D eigenvalue weighted by Crippen LogP contribution is -2.18. The van der Waals surface area contributed by atoms with Crippen LogP contribution in [-0.2, 0) is 9.59 Å². The summed E-state index contributed by atoms with van der Waals surface area (Å²) in [5, 5.41) is 11.2. The monoisotopic (exact) mass is 301 g/mol. The Morgan fingerprint density at radius 1 is 1.38 bits per heavy atom. The Hall–Kier alpha value is -2.38. The van der Waals surface area contributed by atoms with Gasteiger partial charge in [0.2, 0.25) is 5.91 Å². The molecule has 1 amide bonds. The highest BCUT2D eigenvalue weighted by atomic mass is 19.3. The summed E-state index contributed by atoms with van der Waals surface area (Å²) in [5.74, 6) is -2.85. The molecule has 1 aromatic carbocycles. The van der Waals surface area contributed by atoms with Crippen LogP contribution in [0.3, 0.4) is 0 Å². The number of ether oxygens (including phenoxy) is 2. The number of benzene rings is 1. The van der Waals surface area contributed by atoms with Crippen molar-refractivity contribution in [3.8, 4) is 11.5 Å². The predicted octanol–water partition coefficient (Wildman–Crippen LogP) is 1.96. The summed E-state index contributed by atoms with van der Waals surface area (Å²) in [5.41, 5.74) is 0.00990. The Bertz CT molecular complexity index is 563. The standard InChI is InChI=1S/C13H13F2NO5/c1-20-6-2-3-10(21-13(14)15)9(4-6)16-11(17)7-5-8(7)12(18)19/h2-4,7-8,13H,5H2,1H3,(H,16,17)(H,18,19). The maximum Gasteiger partial charge on any atom is 0.387 e. The summed E-state index contributed by atoms with van der Waals surface area (Å²) < 4.78 is 33.9. The van der Waals surface area contributed by atoms with Gasteiger partial charge in [-0.05, 0) is 18.6 Å². The molecule has 0 saturated heterocycles. The number of hydrogen-bond donors (Lipinski definition) is 2. The van der Waals surface area contributed by atoms with Gasteiger partial charge in [0.15, 0.2) is 0 Å². The summed E-state index contributed by atoms with van der Waals surface area (Å²) in [4.78, 5) is 22.6. The number of halogens is 2. The van der Waals surface area contributed by atoms with Gasteiger partial charge in [-0.1, -0.05) is 0 Å². The third-order valence-corrected chi connectivity index (χ3v) is 3.11. The molecule has 8 heteroatoms. The van der Waals surface area contributed by atoms with Crippen molar-refractivity contribution in [2.75, 3.05) is 12.4 Å². The Morgan fingerprint density at radius 3 is 2.62 bits per heavy atom. The number of nitrogens with one attached hydrogen (secondary N) is 1. The molecule has 2 rings (SSSR count). The fourth-order valence-corrected chi connectivity index (χ4v) is 1.92. The average Bonchev–Trinajstić information content (AvgIpc) is 3.20. The highest BCUT2D eigenvalue weighted by Gasteiger charge is 2.48. The second-order valence-corrected chi connectivity index (χ2v) is 4.52. The zero-order valence-corrected chi connectivity index (χ0v) is 11.0. The fraction of sp³-hybridized carbons (Fsp3) is 0.385. The van der Waals surface area contributed by atoms with Gasteiger partial charge in [0, 0.05) is 6.07 Å². The minimum absolute atomic E-state index is 0.00990. The molecular formula is C13H13F2NO5. The van der Waals surface area contributed by atoms with Crippen LogP contribution in [0.1, 0.15) is 6.42 Å². The van der Waals surface area contributed by atoms with E-state index in [0.29, 0.717) is 5.75 Å². The van der Waals surface area contributed by atoms with Gasteiger partial charge in [-0.25, -0.2) is 0 Å². The second-order valence-electron chi connectivity index (χ2n) is 4.52. The van der Waals surface area contributed by atoms with Crippen molar-refractivity contribution in [3.05, 3.63) is 18.2 Å². The van der Waals surface area contributed by atoms with Crippen molar-refractivity contribution in [1.29, 1.82) is 0 Å². The van der Waals surface area contributed by atoms with Gasteiger partial charge in [-0.15, -0.1) is 0 Å². The summed E-state index contributed by atoms with van der Waals surface area (Å²) in [6, 6.07) is 3.97. The molecule has 2 N–H and O–H groups in total. The Balaban J connectivity index is 2.13. The van der Waals surface area contributed by atoms with Crippen LogP contribution in [0.4, 0.5) is 14.5 Å². The van der Waals surface area contributed by atoms with E-state index in [1.165, 1.54) is 25.3 Å². The van der Waals surface area contributed by atoms with E-state index >= 15 is 0 Å². The van der Waals surface area contributed by atoms with Crippen molar-refractivity contribution in [3.63, 3.8) is 0 Å². The van der Waals surface area contributed by atoms with E-state index in [0.717, 1.165) is 0 Å². The lowest BCUT2D eigenvalue weighted by atomic mass is 10.2. The minimum Gasteiger partial charge on any atom is -0.497 e. The SMILES string of the molecule is COc1ccc(OC(F)F)c(NC(=O)C2CC2C(=O)O)c1. The number of carbonyl (C=O) groups excluding carboxylic acids is 1. The van der Waals surface area contributed by atoms with Crippen LogP contribution in [0, 0.1) is 11.8 Å². The Kier molecular flexibility index (Phi) is 4.25. The summed E-state index contributed by atoms with van der Waals surface area (Å²) in [6.45, 7) is -3.04. The van der Waals surface area contributed by atoms with Crippen molar-refractivity contribution >= 4 is 17.6 Å². The minimum atomic E-state index is -3.04. The van der Waals surface area contributed by atoms with E-state index in [9.17, 15) is 18.4 Å². The summed E-state index contributed by atoms with van der Waals surface area (Å²) >= 11 is 0. The Morgan fingerprint density at radius 2 is 2.10 bits per heavy atom. The van der Waals surface area contributed by atoms with Gasteiger partial charge < -0.3 is 19.9 Å². The highest BCUT2D eigenvalue weighted by molar-refractivity contribution is 5.99. The maximum absolute atomic E-state index is 12.3. The summed E-state index contributed by atoms with van der Waals surface area (Å²) in [7, 11) is 1.38. The maximum atomic E-state index is 12.3. The van der Waals surface area contributed by atoms with Crippen LogP contribution < -0.4 is 14.8 Å². The van der Waals surface area contributed by atoms with Gasteiger partial charge in [-0.2, -0.15) is 8.78 Å². The lowest BCUT2D eigenvalue weighted by molar-refractivity contribution is -0.139. The molecule has 0 bridgehead atoms. The van der Waals surface area contributed by atoms with E-state index in [-0.39, 0.29) is 17.9 Å². The van der Waals surface area contributed by atoms with Crippen LogP contribution in [0.2, 0.25) is 0 Å². The van der Waals surface area contributed by atoms with Crippen molar-refractivity contribution in [2.24, 2.45) is 11.8 Å². The van der Waals surface area contributed by atoms with E-state index in [4.69, 9.17) is 9.84 Å². The number of carbonyl (C=O) groups is 2. The number of anilines is 1. The van der Waals surface area contributed by atoms with Crippen LogP contribution in [-0.4, -0.2) is 30.7 Å². The van der Waals surface area contributed by atoms with Crippen LogP contribution >= 0.6 is 0 Å². The molecule has 1 aromatic rings. The predicted molar refractivity (Wildman–Crippen MR) is 67.5 cm³/mol. The van der Waals surface area contributed by atoms with Gasteiger partial charge >= 0.3 is 12.6 Å². The van der Waals surface area contributed by atoms with Gasteiger partial charge in [0.05, 0.1) is 24.6 Å². The molecule has 1 fully saturated rings. The number of methoxy groups -OCH3 is 1. The smallest absolute Gasteiger partial charge is 0.387 e. The molecule has 0 spiro atoms. The number of alkyl halides is 2. The van der Waals surface area contributed by atoms with Crippen LogP contribution in [0.25, 0.3) is 0 Å². The van der Waals surface area contributed by atoms with E-state index in [1.54, 1.807) is 0 Å². The molecule has 0 aromatic heterocycles. The van der Waals surface area contributed by atoms with Gasteiger partial charge in [-0.3, -0.25) is 9.59 Å². The lowest BCUT2D eigenvalue weighted by Gasteiger charge is -2.13. The molecule has 6 nitrogen and oxygen atoms in total. The quantitative estimate of drug-likeness (QED) is 0.839. The zero-order valence-electron chi connectivity index (χ0n) is 11.0. The van der Waals surface area contributed by atoms with Crippen molar-refractivity contribution in [2.45, 2.75) is 13.0 Å². The third-order valence-electron chi connectivity index (χ3n) is 3.11. The number of hydrogen-bond acceptors (Lipinski definition) is 4. The van der Waals surface area contributed by atoms with Crippen LogP contribution in [0.15, 0.2) is 18.2 Å². The van der Waals surface area contributed by atoms with Gasteiger partial charge in [0.25, 0.3) is 0 Å².